The SMILES string of the molecule is CC(C)(C)NS(=O)(=O)c1cccc(Nc2nc(Nc3ccc(N4CCNCC4)cc3)ncc2C(F)(F)F)c1. The Kier molecular flexibility index (Phi) is 7.81. The fraction of sp³-hybridized carbons (Fsp3) is 0.360. The van der Waals surface area contributed by atoms with Crippen molar-refractivity contribution in [2.45, 2.75) is 37.4 Å². The third-order valence-electron chi connectivity index (χ3n) is 5.55. The number of nitrogens with zero attached hydrogens (tertiary/aromatic N) is 3. The Morgan fingerprint density at radius 1 is 0.947 bits per heavy atom. The highest BCUT2D eigenvalue weighted by Gasteiger charge is 2.35. The highest BCUT2D eigenvalue weighted by atomic mass is 32.2. The van der Waals surface area contributed by atoms with Gasteiger partial charge in [0, 0.05) is 55.0 Å². The number of piperazine rings is 1. The number of sulfonamides is 1. The predicted octanol–water partition coefficient (Wildman–Crippen LogP) is 4.47. The molecule has 13 heteroatoms. The molecule has 38 heavy (non-hydrogen) atoms. The molecule has 1 aliphatic rings. The highest BCUT2D eigenvalue weighted by Crippen LogP contribution is 2.35. The molecule has 0 atom stereocenters. The van der Waals surface area contributed by atoms with Crippen LogP contribution in [0.5, 0.6) is 0 Å². The average Bonchev–Trinajstić information content (AvgIpc) is 2.83. The van der Waals surface area contributed by atoms with Crippen molar-refractivity contribution in [3.8, 4) is 0 Å². The number of hydrogen-bond donors (Lipinski definition) is 4. The Bertz CT molecular complexity index is 1370. The molecular formula is C25H30F3N7O2S. The maximum Gasteiger partial charge on any atom is 0.421 e. The average molecular weight is 550 g/mol. The van der Waals surface area contributed by atoms with Gasteiger partial charge in [-0.25, -0.2) is 18.1 Å². The molecule has 0 radical (unpaired) electrons. The molecule has 204 valence electrons. The van der Waals surface area contributed by atoms with E-state index in [1.165, 1.54) is 24.3 Å². The lowest BCUT2D eigenvalue weighted by molar-refractivity contribution is -0.137. The van der Waals surface area contributed by atoms with Gasteiger partial charge in [0.2, 0.25) is 16.0 Å². The van der Waals surface area contributed by atoms with Crippen LogP contribution in [0.4, 0.5) is 42.0 Å². The van der Waals surface area contributed by atoms with E-state index in [1.807, 2.05) is 24.3 Å². The topological polar surface area (TPSA) is 111 Å². The summed E-state index contributed by atoms with van der Waals surface area (Å²) >= 11 is 0. The Morgan fingerprint density at radius 3 is 2.26 bits per heavy atom. The summed E-state index contributed by atoms with van der Waals surface area (Å²) in [6.45, 7) is 8.65. The predicted molar refractivity (Wildman–Crippen MR) is 142 cm³/mol. The second kappa shape index (κ2) is 10.8. The maximum atomic E-state index is 13.7. The second-order valence-electron chi connectivity index (χ2n) is 9.87. The van der Waals surface area contributed by atoms with Gasteiger partial charge in [0.05, 0.1) is 4.90 Å². The minimum absolute atomic E-state index is 0.0476. The molecule has 0 amide bonds. The first-order valence-corrected chi connectivity index (χ1v) is 13.5. The Balaban J connectivity index is 1.58. The van der Waals surface area contributed by atoms with E-state index in [-0.39, 0.29) is 16.5 Å². The summed E-state index contributed by atoms with van der Waals surface area (Å²) in [6.07, 6.45) is -4.04. The number of halogens is 3. The number of nitrogens with one attached hydrogen (secondary N) is 4. The van der Waals surface area contributed by atoms with Crippen molar-refractivity contribution >= 4 is 38.9 Å². The highest BCUT2D eigenvalue weighted by molar-refractivity contribution is 7.89. The van der Waals surface area contributed by atoms with Gasteiger partial charge in [-0.2, -0.15) is 18.2 Å². The summed E-state index contributed by atoms with van der Waals surface area (Å²) < 4.78 is 69.1. The molecule has 0 aliphatic carbocycles. The fourth-order valence-electron chi connectivity index (χ4n) is 3.89. The van der Waals surface area contributed by atoms with E-state index in [1.54, 1.807) is 20.8 Å². The largest absolute Gasteiger partial charge is 0.421 e. The quantitative estimate of drug-likeness (QED) is 0.342. The zero-order valence-corrected chi connectivity index (χ0v) is 22.0. The molecule has 0 spiro atoms. The van der Waals surface area contributed by atoms with Crippen molar-refractivity contribution in [3.05, 3.63) is 60.3 Å². The first-order valence-electron chi connectivity index (χ1n) is 12.0. The summed E-state index contributed by atoms with van der Waals surface area (Å²) in [6, 6.07) is 13.0. The minimum Gasteiger partial charge on any atom is -0.369 e. The zero-order valence-electron chi connectivity index (χ0n) is 21.2. The Hall–Kier alpha value is -3.42. The summed E-state index contributed by atoms with van der Waals surface area (Å²) in [7, 11) is -3.90. The van der Waals surface area contributed by atoms with Gasteiger partial charge in [-0.1, -0.05) is 6.07 Å². The first kappa shape index (κ1) is 27.6. The van der Waals surface area contributed by atoms with Crippen molar-refractivity contribution in [2.24, 2.45) is 0 Å². The molecule has 1 aliphatic heterocycles. The monoisotopic (exact) mass is 549 g/mol. The molecule has 3 aromatic rings. The summed E-state index contributed by atoms with van der Waals surface area (Å²) in [5.74, 6) is -0.556. The number of rotatable bonds is 7. The van der Waals surface area contributed by atoms with Crippen LogP contribution >= 0.6 is 0 Å². The van der Waals surface area contributed by atoms with E-state index >= 15 is 0 Å². The van der Waals surface area contributed by atoms with Gasteiger partial charge in [-0.3, -0.25) is 0 Å². The van der Waals surface area contributed by atoms with E-state index in [0.29, 0.717) is 11.9 Å². The van der Waals surface area contributed by atoms with Gasteiger partial charge in [0.1, 0.15) is 11.4 Å². The van der Waals surface area contributed by atoms with Gasteiger partial charge < -0.3 is 20.9 Å². The van der Waals surface area contributed by atoms with E-state index in [2.05, 4.69) is 35.5 Å². The molecule has 2 heterocycles. The van der Waals surface area contributed by atoms with Crippen LogP contribution in [0.1, 0.15) is 26.3 Å². The van der Waals surface area contributed by atoms with Crippen molar-refractivity contribution in [1.82, 2.24) is 20.0 Å². The van der Waals surface area contributed by atoms with Crippen LogP contribution in [-0.2, 0) is 16.2 Å². The van der Waals surface area contributed by atoms with Crippen LogP contribution in [0.15, 0.2) is 59.6 Å². The molecule has 1 saturated heterocycles. The van der Waals surface area contributed by atoms with Crippen molar-refractivity contribution in [2.75, 3.05) is 41.7 Å². The lowest BCUT2D eigenvalue weighted by Crippen LogP contribution is -2.43. The minimum atomic E-state index is -4.73. The van der Waals surface area contributed by atoms with Crippen LogP contribution in [0, 0.1) is 0 Å². The van der Waals surface area contributed by atoms with E-state index < -0.39 is 33.1 Å². The standard InChI is InChI=1S/C25H30F3N7O2S/c1-24(2,3)34-38(36,37)20-6-4-5-18(15-20)31-22-21(25(26,27)28)16-30-23(33-22)32-17-7-9-19(10-8-17)35-13-11-29-12-14-35/h4-10,15-16,29,34H,11-14H2,1-3H3,(H2,30,31,32,33). The van der Waals surface area contributed by atoms with Crippen LogP contribution in [0.2, 0.25) is 0 Å². The van der Waals surface area contributed by atoms with Crippen molar-refractivity contribution in [1.29, 1.82) is 0 Å². The molecule has 9 nitrogen and oxygen atoms in total. The smallest absolute Gasteiger partial charge is 0.369 e. The van der Waals surface area contributed by atoms with Gasteiger partial charge >= 0.3 is 6.18 Å². The van der Waals surface area contributed by atoms with Gasteiger partial charge in [-0.15, -0.1) is 0 Å². The summed E-state index contributed by atoms with van der Waals surface area (Å²) in [4.78, 5) is 10.0. The maximum absolute atomic E-state index is 13.7. The third kappa shape index (κ3) is 7.11. The molecule has 0 saturated carbocycles. The lowest BCUT2D eigenvalue weighted by atomic mass is 10.1. The first-order chi connectivity index (χ1) is 17.8. The molecular weight excluding hydrogens is 519 g/mol. The second-order valence-corrected chi connectivity index (χ2v) is 11.6. The Morgan fingerprint density at radius 2 is 1.63 bits per heavy atom. The molecule has 1 fully saturated rings. The van der Waals surface area contributed by atoms with Crippen LogP contribution < -0.4 is 25.6 Å². The molecule has 0 bridgehead atoms. The van der Waals surface area contributed by atoms with Gasteiger partial charge in [-0.05, 0) is 63.2 Å². The zero-order chi connectivity index (χ0) is 27.6. The van der Waals surface area contributed by atoms with E-state index in [0.717, 1.165) is 31.9 Å². The molecule has 4 N–H and O–H groups in total. The van der Waals surface area contributed by atoms with E-state index in [4.69, 9.17) is 0 Å². The number of hydrogen-bond acceptors (Lipinski definition) is 8. The molecule has 1 aromatic heterocycles. The normalized spacial score (nSPS) is 14.8. The van der Waals surface area contributed by atoms with Crippen LogP contribution in [0.25, 0.3) is 0 Å². The van der Waals surface area contributed by atoms with Gasteiger partial charge in [0.15, 0.2) is 0 Å². The number of alkyl halides is 3. The van der Waals surface area contributed by atoms with Gasteiger partial charge in [0.25, 0.3) is 0 Å². The van der Waals surface area contributed by atoms with Crippen molar-refractivity contribution < 1.29 is 21.6 Å². The number of benzene rings is 2. The molecule has 0 unspecified atom stereocenters. The number of aromatic nitrogens is 2. The molecule has 4 rings (SSSR count). The number of anilines is 5. The fourth-order valence-corrected chi connectivity index (χ4v) is 5.36. The lowest BCUT2D eigenvalue weighted by Gasteiger charge is -2.29. The van der Waals surface area contributed by atoms with E-state index in [9.17, 15) is 21.6 Å². The van der Waals surface area contributed by atoms with Crippen LogP contribution in [0.3, 0.4) is 0 Å². The molecule has 2 aromatic carbocycles. The van der Waals surface area contributed by atoms with Crippen molar-refractivity contribution in [3.63, 3.8) is 0 Å². The van der Waals surface area contributed by atoms with Crippen LogP contribution in [-0.4, -0.2) is 50.1 Å². The third-order valence-corrected chi connectivity index (χ3v) is 7.30. The summed E-state index contributed by atoms with van der Waals surface area (Å²) in [5.41, 5.74) is -0.0442. The Labute approximate surface area is 219 Å². The summed E-state index contributed by atoms with van der Waals surface area (Å²) in [5, 5.41) is 8.85.